The molecule has 0 radical (unpaired) electrons. The second kappa shape index (κ2) is 11.4. The fourth-order valence-corrected chi connectivity index (χ4v) is 3.99. The molecular formula is C30H25FN2O5. The van der Waals surface area contributed by atoms with Crippen LogP contribution >= 0.6 is 0 Å². The first-order valence-corrected chi connectivity index (χ1v) is 11.7. The van der Waals surface area contributed by atoms with Gasteiger partial charge in [-0.2, -0.15) is 5.26 Å². The zero-order chi connectivity index (χ0) is 27.2. The van der Waals surface area contributed by atoms with Gasteiger partial charge in [-0.25, -0.2) is 4.39 Å². The third-order valence-corrected chi connectivity index (χ3v) is 6.13. The monoisotopic (exact) mass is 512 g/mol. The second-order valence-electron chi connectivity index (χ2n) is 8.54. The molecular weight excluding hydrogens is 487 g/mol. The Kier molecular flexibility index (Phi) is 7.88. The highest BCUT2D eigenvalue weighted by atomic mass is 19.1. The number of rotatable bonds is 8. The Bertz CT molecular complexity index is 1470. The van der Waals surface area contributed by atoms with E-state index in [1.165, 1.54) is 19.2 Å². The van der Waals surface area contributed by atoms with Crippen LogP contribution in [0.25, 0.3) is 6.08 Å². The van der Waals surface area contributed by atoms with Crippen molar-refractivity contribution in [3.05, 3.63) is 106 Å². The molecule has 38 heavy (non-hydrogen) atoms. The van der Waals surface area contributed by atoms with E-state index in [1.807, 2.05) is 6.07 Å². The van der Waals surface area contributed by atoms with E-state index in [0.29, 0.717) is 33.9 Å². The summed E-state index contributed by atoms with van der Waals surface area (Å²) in [7, 11) is 3.05. The molecule has 1 heterocycles. The summed E-state index contributed by atoms with van der Waals surface area (Å²) in [5.74, 6) is 0.0866. The van der Waals surface area contributed by atoms with Crippen LogP contribution < -0.4 is 14.2 Å². The van der Waals surface area contributed by atoms with Crippen molar-refractivity contribution in [1.29, 1.82) is 5.26 Å². The lowest BCUT2D eigenvalue weighted by molar-refractivity contribution is -0.141. The van der Waals surface area contributed by atoms with Gasteiger partial charge in [0.1, 0.15) is 29.8 Å². The molecule has 1 aliphatic rings. The first kappa shape index (κ1) is 26.2. The van der Waals surface area contributed by atoms with E-state index in [-0.39, 0.29) is 30.1 Å². The number of imide groups is 1. The lowest BCUT2D eigenvalue weighted by Crippen LogP contribution is -2.42. The molecule has 0 atom stereocenters. The lowest BCUT2D eigenvalue weighted by atomic mass is 9.93. The van der Waals surface area contributed by atoms with Crippen molar-refractivity contribution in [1.82, 2.24) is 4.90 Å². The van der Waals surface area contributed by atoms with E-state index in [2.05, 4.69) is 0 Å². The molecule has 1 aliphatic heterocycles. The quantitative estimate of drug-likeness (QED) is 0.304. The van der Waals surface area contributed by atoms with Gasteiger partial charge in [0.05, 0.1) is 20.8 Å². The van der Waals surface area contributed by atoms with Crippen molar-refractivity contribution in [2.45, 2.75) is 20.1 Å². The van der Waals surface area contributed by atoms with E-state index in [1.54, 1.807) is 74.7 Å². The van der Waals surface area contributed by atoms with E-state index in [4.69, 9.17) is 14.2 Å². The van der Waals surface area contributed by atoms with Gasteiger partial charge in [-0.15, -0.1) is 0 Å². The molecule has 0 N–H and O–H groups in total. The second-order valence-corrected chi connectivity index (χ2v) is 8.54. The molecule has 3 aromatic carbocycles. The number of nitrogens with zero attached hydrogens (tertiary/aromatic N) is 2. The molecule has 7 nitrogen and oxygen atoms in total. The number of nitriles is 1. The summed E-state index contributed by atoms with van der Waals surface area (Å²) < 4.78 is 29.6. The zero-order valence-corrected chi connectivity index (χ0v) is 21.2. The van der Waals surface area contributed by atoms with Crippen molar-refractivity contribution in [3.63, 3.8) is 0 Å². The molecule has 192 valence electrons. The highest BCUT2D eigenvalue weighted by Crippen LogP contribution is 2.32. The maximum Gasteiger partial charge on any atom is 0.271 e. The minimum Gasteiger partial charge on any atom is -0.497 e. The van der Waals surface area contributed by atoms with Crippen molar-refractivity contribution in [2.75, 3.05) is 14.2 Å². The van der Waals surface area contributed by atoms with Gasteiger partial charge in [-0.1, -0.05) is 30.3 Å². The third kappa shape index (κ3) is 5.57. The third-order valence-electron chi connectivity index (χ3n) is 6.13. The number of ether oxygens (including phenoxy) is 3. The summed E-state index contributed by atoms with van der Waals surface area (Å²) >= 11 is 0. The molecule has 8 heteroatoms. The molecule has 0 bridgehead atoms. The van der Waals surface area contributed by atoms with Gasteiger partial charge in [0, 0.05) is 5.57 Å². The number of carbonyl (C=O) groups is 2. The standard InChI is InChI=1S/C30H25FN2O5/c1-19-25(29(34)33(30(35)26(19)16-32)17-20-6-11-24(36-2)12-7-20)14-22-8-13-27(28(15-22)37-3)38-18-21-4-9-23(31)10-5-21/h4-15H,17-18H2,1-3H3/b25-14+. The minimum atomic E-state index is -0.634. The molecule has 0 fully saturated rings. The highest BCUT2D eigenvalue weighted by Gasteiger charge is 2.35. The maximum atomic E-state index is 13.4. The lowest BCUT2D eigenvalue weighted by Gasteiger charge is -2.27. The Labute approximate surface area is 220 Å². The van der Waals surface area contributed by atoms with Crippen LogP contribution in [0.4, 0.5) is 4.39 Å². The van der Waals surface area contributed by atoms with Crippen LogP contribution in [0.2, 0.25) is 0 Å². The van der Waals surface area contributed by atoms with Gasteiger partial charge in [-0.05, 0) is 71.7 Å². The smallest absolute Gasteiger partial charge is 0.271 e. The average molecular weight is 513 g/mol. The molecule has 0 spiro atoms. The van der Waals surface area contributed by atoms with Crippen LogP contribution in [0.3, 0.4) is 0 Å². The van der Waals surface area contributed by atoms with Crippen LogP contribution in [0.1, 0.15) is 23.6 Å². The number of carbonyl (C=O) groups excluding carboxylic acids is 2. The number of hydrogen-bond acceptors (Lipinski definition) is 6. The van der Waals surface area contributed by atoms with Gasteiger partial charge < -0.3 is 14.2 Å². The summed E-state index contributed by atoms with van der Waals surface area (Å²) in [6, 6.07) is 20.1. The van der Waals surface area contributed by atoms with Crippen molar-refractivity contribution in [2.24, 2.45) is 0 Å². The zero-order valence-electron chi connectivity index (χ0n) is 21.2. The van der Waals surface area contributed by atoms with Crippen LogP contribution in [0, 0.1) is 17.1 Å². The van der Waals surface area contributed by atoms with Crippen LogP contribution in [0.5, 0.6) is 17.2 Å². The van der Waals surface area contributed by atoms with E-state index >= 15 is 0 Å². The number of methoxy groups -OCH3 is 2. The van der Waals surface area contributed by atoms with E-state index < -0.39 is 11.8 Å². The van der Waals surface area contributed by atoms with Crippen LogP contribution in [-0.2, 0) is 22.7 Å². The summed E-state index contributed by atoms with van der Waals surface area (Å²) in [5.41, 5.74) is 2.58. The predicted octanol–water partition coefficient (Wildman–Crippen LogP) is 5.21. The molecule has 0 saturated heterocycles. The summed E-state index contributed by atoms with van der Waals surface area (Å²) in [6.07, 6.45) is 1.62. The Hall–Kier alpha value is -4.90. The highest BCUT2D eigenvalue weighted by molar-refractivity contribution is 6.19. The van der Waals surface area contributed by atoms with Crippen molar-refractivity contribution < 1.29 is 28.2 Å². The maximum absolute atomic E-state index is 13.4. The first-order valence-electron chi connectivity index (χ1n) is 11.7. The van der Waals surface area contributed by atoms with E-state index in [0.717, 1.165) is 10.5 Å². The molecule has 3 aromatic rings. The fourth-order valence-electron chi connectivity index (χ4n) is 3.99. The van der Waals surface area contributed by atoms with Gasteiger partial charge in [-0.3, -0.25) is 14.5 Å². The summed E-state index contributed by atoms with van der Waals surface area (Å²) in [6.45, 7) is 1.81. The Morgan fingerprint density at radius 3 is 2.21 bits per heavy atom. The van der Waals surface area contributed by atoms with Gasteiger partial charge in [0.25, 0.3) is 11.8 Å². The number of halogens is 1. The SMILES string of the molecule is COc1ccc(CN2C(=O)C(C#N)=C(C)/C(=C\c3ccc(OCc4ccc(F)cc4)c(OC)c3)C2=O)cc1. The van der Waals surface area contributed by atoms with E-state index in [9.17, 15) is 19.2 Å². The number of amides is 2. The molecule has 0 aliphatic carbocycles. The van der Waals surface area contributed by atoms with Crippen molar-refractivity contribution >= 4 is 17.9 Å². The molecule has 2 amide bonds. The Balaban J connectivity index is 1.62. The Morgan fingerprint density at radius 2 is 1.58 bits per heavy atom. The Morgan fingerprint density at radius 1 is 0.895 bits per heavy atom. The first-order chi connectivity index (χ1) is 18.3. The molecule has 0 aromatic heterocycles. The molecule has 4 rings (SSSR count). The average Bonchev–Trinajstić information content (AvgIpc) is 2.94. The number of hydrogen-bond donors (Lipinski definition) is 0. The van der Waals surface area contributed by atoms with Gasteiger partial charge >= 0.3 is 0 Å². The van der Waals surface area contributed by atoms with Gasteiger partial charge in [0.15, 0.2) is 11.5 Å². The molecule has 0 unspecified atom stereocenters. The summed E-state index contributed by atoms with van der Waals surface area (Å²) in [4.78, 5) is 27.5. The van der Waals surface area contributed by atoms with Gasteiger partial charge in [0.2, 0.25) is 0 Å². The summed E-state index contributed by atoms with van der Waals surface area (Å²) in [5, 5.41) is 9.67. The van der Waals surface area contributed by atoms with Crippen molar-refractivity contribution in [3.8, 4) is 23.3 Å². The predicted molar refractivity (Wildman–Crippen MR) is 139 cm³/mol. The minimum absolute atomic E-state index is 0.0109. The normalized spacial score (nSPS) is 14.5. The number of benzene rings is 3. The van der Waals surface area contributed by atoms with Crippen LogP contribution in [-0.4, -0.2) is 30.9 Å². The topological polar surface area (TPSA) is 88.9 Å². The molecule has 0 saturated carbocycles. The fraction of sp³-hybridized carbons (Fsp3) is 0.167. The van der Waals surface area contributed by atoms with Crippen LogP contribution in [0.15, 0.2) is 83.4 Å². The largest absolute Gasteiger partial charge is 0.497 e.